The van der Waals surface area contributed by atoms with Gasteiger partial charge in [0, 0.05) is 24.7 Å². The number of nitrogens with zero attached hydrogens (tertiary/aromatic N) is 1. The molecule has 6 heteroatoms. The highest BCUT2D eigenvalue weighted by molar-refractivity contribution is 5.78. The molecule has 1 aliphatic rings. The molecule has 1 aliphatic carbocycles. The zero-order chi connectivity index (χ0) is 13.7. The van der Waals surface area contributed by atoms with Crippen LogP contribution in [-0.2, 0) is 11.2 Å². The van der Waals surface area contributed by atoms with Gasteiger partial charge < -0.3 is 10.6 Å². The molecule has 0 aliphatic heterocycles. The van der Waals surface area contributed by atoms with Crippen LogP contribution in [0.3, 0.4) is 0 Å². The molecule has 6 nitrogen and oxygen atoms in total. The predicted molar refractivity (Wildman–Crippen MR) is 70.8 cm³/mol. The number of amides is 1. The molecule has 2 N–H and O–H groups in total. The molecule has 0 unspecified atom stereocenters. The normalized spacial score (nSPS) is 14.1. The molecule has 1 fully saturated rings. The van der Waals surface area contributed by atoms with Crippen molar-refractivity contribution in [3.8, 4) is 0 Å². The average molecular weight is 263 g/mol. The molecule has 1 aromatic rings. The molecule has 0 radical (unpaired) electrons. The van der Waals surface area contributed by atoms with E-state index in [9.17, 15) is 14.9 Å². The number of carbonyl (C=O) groups is 1. The quantitative estimate of drug-likeness (QED) is 0.568. The van der Waals surface area contributed by atoms with Gasteiger partial charge in [-0.15, -0.1) is 0 Å². The van der Waals surface area contributed by atoms with E-state index in [-0.39, 0.29) is 11.6 Å². The van der Waals surface area contributed by atoms with Crippen LogP contribution in [-0.4, -0.2) is 30.0 Å². The van der Waals surface area contributed by atoms with E-state index in [0.717, 1.165) is 18.4 Å². The molecular formula is C13H17N3O3. The second-order valence-electron chi connectivity index (χ2n) is 4.68. The number of nitro benzene ring substituents is 1. The second kappa shape index (κ2) is 6.29. The van der Waals surface area contributed by atoms with Crippen molar-refractivity contribution in [2.45, 2.75) is 25.3 Å². The summed E-state index contributed by atoms with van der Waals surface area (Å²) in [4.78, 5) is 21.5. The van der Waals surface area contributed by atoms with E-state index in [1.165, 1.54) is 12.1 Å². The Morgan fingerprint density at radius 3 is 2.58 bits per heavy atom. The predicted octanol–water partition coefficient (Wildman–Crippen LogP) is 1.01. The Kier molecular flexibility index (Phi) is 4.46. The van der Waals surface area contributed by atoms with Gasteiger partial charge in [0.25, 0.3) is 5.69 Å². The molecule has 1 aromatic carbocycles. The van der Waals surface area contributed by atoms with E-state index in [4.69, 9.17) is 0 Å². The molecule has 19 heavy (non-hydrogen) atoms. The summed E-state index contributed by atoms with van der Waals surface area (Å²) in [6, 6.07) is 6.91. The van der Waals surface area contributed by atoms with Crippen molar-refractivity contribution in [2.75, 3.05) is 13.1 Å². The lowest BCUT2D eigenvalue weighted by molar-refractivity contribution is -0.384. The fourth-order valence-corrected chi connectivity index (χ4v) is 1.72. The molecule has 102 valence electrons. The molecule has 2 rings (SSSR count). The van der Waals surface area contributed by atoms with E-state index in [2.05, 4.69) is 10.6 Å². The van der Waals surface area contributed by atoms with Gasteiger partial charge in [0.1, 0.15) is 0 Å². The molecule has 1 amide bonds. The Morgan fingerprint density at radius 2 is 2.00 bits per heavy atom. The molecule has 0 aromatic heterocycles. The van der Waals surface area contributed by atoms with Crippen LogP contribution < -0.4 is 10.6 Å². The number of carbonyl (C=O) groups excluding carboxylic acids is 1. The highest BCUT2D eigenvalue weighted by Crippen LogP contribution is 2.17. The van der Waals surface area contributed by atoms with Gasteiger partial charge in [-0.3, -0.25) is 14.9 Å². The van der Waals surface area contributed by atoms with Gasteiger partial charge in [0.2, 0.25) is 5.91 Å². The first-order valence-electron chi connectivity index (χ1n) is 6.38. The van der Waals surface area contributed by atoms with Gasteiger partial charge in [0.15, 0.2) is 0 Å². The van der Waals surface area contributed by atoms with Crippen LogP contribution >= 0.6 is 0 Å². The number of rotatable bonds is 7. The van der Waals surface area contributed by atoms with Crippen LogP contribution in [0.4, 0.5) is 5.69 Å². The maximum absolute atomic E-state index is 11.4. The lowest BCUT2D eigenvalue weighted by Gasteiger charge is -2.06. The summed E-state index contributed by atoms with van der Waals surface area (Å²) in [6.45, 7) is 0.911. The Hall–Kier alpha value is -1.95. The van der Waals surface area contributed by atoms with Crippen LogP contribution in [0.2, 0.25) is 0 Å². The first-order chi connectivity index (χ1) is 9.15. The Balaban J connectivity index is 1.66. The van der Waals surface area contributed by atoms with Gasteiger partial charge in [-0.1, -0.05) is 12.1 Å². The minimum atomic E-state index is -0.422. The average Bonchev–Trinajstić information content (AvgIpc) is 3.21. The smallest absolute Gasteiger partial charge is 0.269 e. The number of benzene rings is 1. The van der Waals surface area contributed by atoms with Crippen LogP contribution in [0.15, 0.2) is 24.3 Å². The maximum Gasteiger partial charge on any atom is 0.269 e. The minimum absolute atomic E-state index is 0.00573. The van der Waals surface area contributed by atoms with Crippen LogP contribution in [0.5, 0.6) is 0 Å². The third kappa shape index (κ3) is 4.67. The van der Waals surface area contributed by atoms with Crippen molar-refractivity contribution in [2.24, 2.45) is 0 Å². The van der Waals surface area contributed by atoms with Gasteiger partial charge in [-0.2, -0.15) is 0 Å². The van der Waals surface area contributed by atoms with Crippen LogP contribution in [0.1, 0.15) is 18.4 Å². The molecule has 0 bridgehead atoms. The van der Waals surface area contributed by atoms with Crippen molar-refractivity contribution in [3.05, 3.63) is 39.9 Å². The molecule has 1 saturated carbocycles. The summed E-state index contributed by atoms with van der Waals surface area (Å²) in [6.07, 6.45) is 3.00. The van der Waals surface area contributed by atoms with Crippen molar-refractivity contribution in [3.63, 3.8) is 0 Å². The number of hydrogen-bond donors (Lipinski definition) is 2. The van der Waals surface area contributed by atoms with Gasteiger partial charge in [0.05, 0.1) is 11.5 Å². The van der Waals surface area contributed by atoms with Gasteiger partial charge in [-0.05, 0) is 24.8 Å². The van der Waals surface area contributed by atoms with E-state index in [1.54, 1.807) is 12.1 Å². The molecule has 0 atom stereocenters. The summed E-state index contributed by atoms with van der Waals surface area (Å²) in [5.41, 5.74) is 1.06. The third-order valence-corrected chi connectivity index (χ3v) is 3.01. The second-order valence-corrected chi connectivity index (χ2v) is 4.68. The summed E-state index contributed by atoms with van der Waals surface area (Å²) < 4.78 is 0. The number of non-ortho nitro benzene ring substituents is 1. The highest BCUT2D eigenvalue weighted by Gasteiger charge is 2.20. The Bertz CT molecular complexity index is 455. The van der Waals surface area contributed by atoms with E-state index >= 15 is 0 Å². The van der Waals surface area contributed by atoms with E-state index in [0.29, 0.717) is 25.6 Å². The Morgan fingerprint density at radius 1 is 1.32 bits per heavy atom. The number of nitrogens with one attached hydrogen (secondary N) is 2. The zero-order valence-corrected chi connectivity index (χ0v) is 10.6. The number of hydrogen-bond acceptors (Lipinski definition) is 4. The summed E-state index contributed by atoms with van der Waals surface area (Å²) in [5.74, 6) is -0.00573. The first kappa shape index (κ1) is 13.5. The van der Waals surface area contributed by atoms with E-state index in [1.807, 2.05) is 0 Å². The SMILES string of the molecule is O=C(CNC1CC1)NCCc1ccc([N+](=O)[O-])cc1. The number of nitro groups is 1. The summed E-state index contributed by atoms with van der Waals surface area (Å²) in [7, 11) is 0. The molecular weight excluding hydrogens is 246 g/mol. The highest BCUT2D eigenvalue weighted by atomic mass is 16.6. The largest absolute Gasteiger partial charge is 0.355 e. The van der Waals surface area contributed by atoms with Crippen molar-refractivity contribution in [1.29, 1.82) is 0 Å². The lowest BCUT2D eigenvalue weighted by atomic mass is 10.1. The van der Waals surface area contributed by atoms with E-state index < -0.39 is 4.92 Å². The van der Waals surface area contributed by atoms with Crippen molar-refractivity contribution in [1.82, 2.24) is 10.6 Å². The molecule has 0 heterocycles. The van der Waals surface area contributed by atoms with Gasteiger partial charge >= 0.3 is 0 Å². The lowest BCUT2D eigenvalue weighted by Crippen LogP contribution is -2.35. The standard InChI is InChI=1S/C13H17N3O3/c17-13(9-15-11-3-4-11)14-8-7-10-1-5-12(6-2-10)16(18)19/h1-2,5-6,11,15H,3-4,7-9H2,(H,14,17). The van der Waals surface area contributed by atoms with Crippen molar-refractivity contribution >= 4 is 11.6 Å². The maximum atomic E-state index is 11.4. The fraction of sp³-hybridized carbons (Fsp3) is 0.462. The summed E-state index contributed by atoms with van der Waals surface area (Å²) in [5, 5.41) is 16.4. The molecule has 0 saturated heterocycles. The zero-order valence-electron chi connectivity index (χ0n) is 10.6. The van der Waals surface area contributed by atoms with Crippen molar-refractivity contribution < 1.29 is 9.72 Å². The Labute approximate surface area is 111 Å². The first-order valence-corrected chi connectivity index (χ1v) is 6.38. The fourth-order valence-electron chi connectivity index (χ4n) is 1.72. The van der Waals surface area contributed by atoms with Crippen LogP contribution in [0.25, 0.3) is 0 Å². The molecule has 0 spiro atoms. The minimum Gasteiger partial charge on any atom is -0.355 e. The third-order valence-electron chi connectivity index (χ3n) is 3.01. The topological polar surface area (TPSA) is 84.3 Å². The van der Waals surface area contributed by atoms with Gasteiger partial charge in [-0.25, -0.2) is 0 Å². The monoisotopic (exact) mass is 263 g/mol. The summed E-state index contributed by atoms with van der Waals surface area (Å²) >= 11 is 0. The van der Waals surface area contributed by atoms with Crippen LogP contribution in [0, 0.1) is 10.1 Å².